The van der Waals surface area contributed by atoms with Crippen molar-refractivity contribution in [2.45, 2.75) is 52.7 Å². The highest BCUT2D eigenvalue weighted by Gasteiger charge is 2.52. The summed E-state index contributed by atoms with van der Waals surface area (Å²) in [6.07, 6.45) is 2.12. The zero-order valence-electron chi connectivity index (χ0n) is 14.2. The van der Waals surface area contributed by atoms with E-state index in [1.165, 1.54) is 0 Å². The average molecular weight is 339 g/mol. The number of aryl methyl sites for hydroxylation is 2. The van der Waals surface area contributed by atoms with Crippen LogP contribution in [0.1, 0.15) is 44.4 Å². The number of halogens is 1. The molecule has 0 unspecified atom stereocenters. The molecule has 1 saturated heterocycles. The van der Waals surface area contributed by atoms with Crippen molar-refractivity contribution in [3.63, 3.8) is 0 Å². The minimum atomic E-state index is -0.364. The third-order valence-electron chi connectivity index (χ3n) is 4.63. The molecule has 0 saturated carbocycles. The van der Waals surface area contributed by atoms with Gasteiger partial charge in [-0.05, 0) is 75.8 Å². The van der Waals surface area contributed by atoms with E-state index in [-0.39, 0.29) is 18.3 Å². The summed E-state index contributed by atoms with van der Waals surface area (Å²) < 4.78 is 12.3. The predicted octanol–water partition coefficient (Wildman–Crippen LogP) is 4.90. The Morgan fingerprint density at radius 3 is 2.00 bits per heavy atom. The molecule has 22 heavy (non-hydrogen) atoms. The second kappa shape index (κ2) is 6.24. The van der Waals surface area contributed by atoms with E-state index in [4.69, 9.17) is 20.9 Å². The van der Waals surface area contributed by atoms with E-state index in [2.05, 4.69) is 60.2 Å². The van der Waals surface area contributed by atoms with Crippen molar-refractivity contribution in [3.8, 4) is 0 Å². The van der Waals surface area contributed by atoms with Crippen LogP contribution in [-0.2, 0) is 9.31 Å². The molecule has 1 aliphatic heterocycles. The smallest absolute Gasteiger partial charge is 0.400 e. The molecule has 0 N–H and O–H groups in total. The molecule has 0 aromatic heterocycles. The third-order valence-corrected chi connectivity index (χ3v) is 5.21. The first-order valence-electron chi connectivity index (χ1n) is 7.51. The molecule has 2 nitrogen and oxygen atoms in total. The highest BCUT2D eigenvalue weighted by molar-refractivity contribution is 7.80. The molecule has 0 atom stereocenters. The van der Waals surface area contributed by atoms with Crippen LogP contribution in [0.4, 0.5) is 0 Å². The minimum Gasteiger partial charge on any atom is -0.400 e. The van der Waals surface area contributed by atoms with Gasteiger partial charge in [0, 0.05) is 10.8 Å². The van der Waals surface area contributed by atoms with Crippen LogP contribution in [0.15, 0.2) is 17.6 Å². The van der Waals surface area contributed by atoms with Crippen molar-refractivity contribution in [1.29, 1.82) is 0 Å². The zero-order valence-corrected chi connectivity index (χ0v) is 15.8. The first kappa shape index (κ1) is 17.9. The second-order valence-electron chi connectivity index (χ2n) is 6.92. The molecule has 0 aliphatic carbocycles. The van der Waals surface area contributed by atoms with E-state index in [0.29, 0.717) is 5.75 Å². The number of thiol groups is 1. The second-order valence-corrected chi connectivity index (χ2v) is 7.67. The first-order chi connectivity index (χ1) is 10.1. The largest absolute Gasteiger partial charge is 0.491 e. The van der Waals surface area contributed by atoms with Crippen molar-refractivity contribution in [1.82, 2.24) is 0 Å². The van der Waals surface area contributed by atoms with Gasteiger partial charge in [-0.1, -0.05) is 17.7 Å². The summed E-state index contributed by atoms with van der Waals surface area (Å²) >= 11 is 10.6. The lowest BCUT2D eigenvalue weighted by Crippen LogP contribution is -2.41. The lowest BCUT2D eigenvalue weighted by Gasteiger charge is -2.32. The Hall–Kier alpha value is -0.415. The van der Waals surface area contributed by atoms with Crippen molar-refractivity contribution in [2.75, 3.05) is 5.75 Å². The Bertz CT molecular complexity index is 572. The van der Waals surface area contributed by atoms with Gasteiger partial charge >= 0.3 is 7.12 Å². The van der Waals surface area contributed by atoms with Crippen LogP contribution in [0.5, 0.6) is 0 Å². The van der Waals surface area contributed by atoms with Crippen molar-refractivity contribution < 1.29 is 9.31 Å². The Labute approximate surface area is 144 Å². The molecule has 120 valence electrons. The normalized spacial score (nSPS) is 20.5. The average Bonchev–Trinajstić information content (AvgIpc) is 2.57. The van der Waals surface area contributed by atoms with Gasteiger partial charge in [0.15, 0.2) is 0 Å². The summed E-state index contributed by atoms with van der Waals surface area (Å²) in [7, 11) is -0.364. The molecule has 1 fully saturated rings. The van der Waals surface area contributed by atoms with Gasteiger partial charge in [-0.15, -0.1) is 0 Å². The molecule has 0 radical (unpaired) electrons. The van der Waals surface area contributed by atoms with Gasteiger partial charge in [-0.25, -0.2) is 0 Å². The van der Waals surface area contributed by atoms with Crippen molar-refractivity contribution >= 4 is 37.4 Å². The molecule has 1 heterocycles. The van der Waals surface area contributed by atoms with E-state index in [1.807, 2.05) is 12.1 Å². The van der Waals surface area contributed by atoms with E-state index >= 15 is 0 Å². The number of rotatable bonds is 3. The van der Waals surface area contributed by atoms with E-state index in [1.54, 1.807) is 0 Å². The quantitative estimate of drug-likeness (QED) is 0.624. The fourth-order valence-corrected chi connectivity index (χ4v) is 3.09. The number of hydrogen-bond donors (Lipinski definition) is 1. The molecule has 5 heteroatoms. The van der Waals surface area contributed by atoms with Gasteiger partial charge in [0.05, 0.1) is 11.2 Å². The molecule has 0 spiro atoms. The van der Waals surface area contributed by atoms with Crippen LogP contribution in [0.2, 0.25) is 5.02 Å². The lowest BCUT2D eigenvalue weighted by molar-refractivity contribution is 0.00578. The minimum absolute atomic E-state index is 0.343. The molecule has 1 aromatic rings. The van der Waals surface area contributed by atoms with Crippen LogP contribution in [0.25, 0.3) is 6.08 Å². The van der Waals surface area contributed by atoms with Gasteiger partial charge in [-0.2, -0.15) is 12.6 Å². The van der Waals surface area contributed by atoms with Gasteiger partial charge in [0.2, 0.25) is 0 Å². The molecule has 0 bridgehead atoms. The molecule has 1 aliphatic rings. The lowest BCUT2D eigenvalue weighted by atomic mass is 9.77. The van der Waals surface area contributed by atoms with Gasteiger partial charge in [0.1, 0.15) is 0 Å². The predicted molar refractivity (Wildman–Crippen MR) is 98.8 cm³/mol. The topological polar surface area (TPSA) is 18.5 Å². The summed E-state index contributed by atoms with van der Waals surface area (Å²) in [4.78, 5) is 0. The standard InChI is InChI=1S/C17H24BClO2S/c1-11-7-14(19)8-12(2)15(11)9-13(10-22)18-20-16(3,4)17(5,6)21-18/h7-9,22H,10H2,1-6H3. The first-order valence-corrected chi connectivity index (χ1v) is 8.52. The van der Waals surface area contributed by atoms with Crippen LogP contribution in [0.3, 0.4) is 0 Å². The highest BCUT2D eigenvalue weighted by atomic mass is 35.5. The van der Waals surface area contributed by atoms with Crippen LogP contribution in [-0.4, -0.2) is 24.1 Å². The Balaban J connectivity index is 2.38. The fourth-order valence-electron chi connectivity index (χ4n) is 2.52. The van der Waals surface area contributed by atoms with Gasteiger partial charge in [0.25, 0.3) is 0 Å². The zero-order chi connectivity index (χ0) is 16.7. The summed E-state index contributed by atoms with van der Waals surface area (Å²) in [6, 6.07) is 3.95. The maximum Gasteiger partial charge on any atom is 0.491 e. The van der Waals surface area contributed by atoms with E-state index in [9.17, 15) is 0 Å². The maximum absolute atomic E-state index is 6.13. The molecule has 2 rings (SSSR count). The third kappa shape index (κ3) is 3.40. The van der Waals surface area contributed by atoms with E-state index < -0.39 is 0 Å². The molecular weight excluding hydrogens is 315 g/mol. The summed E-state index contributed by atoms with van der Waals surface area (Å²) in [5, 5.41) is 0.759. The molecule has 0 amide bonds. The SMILES string of the molecule is Cc1cc(Cl)cc(C)c1C=C(CS)B1OC(C)(C)C(C)(C)O1. The van der Waals surface area contributed by atoms with Gasteiger partial charge < -0.3 is 9.31 Å². The Kier molecular flexibility index (Phi) is 5.08. The summed E-state index contributed by atoms with van der Waals surface area (Å²) in [5.41, 5.74) is 3.77. The summed E-state index contributed by atoms with van der Waals surface area (Å²) in [5.74, 6) is 0.582. The monoisotopic (exact) mass is 338 g/mol. The molecular formula is C17H24BClO2S. The van der Waals surface area contributed by atoms with Crippen LogP contribution in [0, 0.1) is 13.8 Å². The van der Waals surface area contributed by atoms with Crippen molar-refractivity contribution in [2.24, 2.45) is 0 Å². The maximum atomic E-state index is 6.13. The fraction of sp³-hybridized carbons (Fsp3) is 0.529. The molecule has 1 aromatic carbocycles. The van der Waals surface area contributed by atoms with Crippen molar-refractivity contribution in [3.05, 3.63) is 39.3 Å². The summed E-state index contributed by atoms with van der Waals surface area (Å²) in [6.45, 7) is 12.4. The van der Waals surface area contributed by atoms with E-state index in [0.717, 1.165) is 27.2 Å². The van der Waals surface area contributed by atoms with Crippen LogP contribution >= 0.6 is 24.2 Å². The van der Waals surface area contributed by atoms with Gasteiger partial charge in [-0.3, -0.25) is 0 Å². The highest BCUT2D eigenvalue weighted by Crippen LogP contribution is 2.39. The number of benzene rings is 1. The number of hydrogen-bond acceptors (Lipinski definition) is 3. The Morgan fingerprint density at radius 1 is 1.14 bits per heavy atom. The Morgan fingerprint density at radius 2 is 1.59 bits per heavy atom. The van der Waals surface area contributed by atoms with Crippen LogP contribution < -0.4 is 0 Å².